The molecule has 22 heavy (non-hydrogen) atoms. The Morgan fingerprint density at radius 1 is 1.27 bits per heavy atom. The number of hydrogen-bond acceptors (Lipinski definition) is 4. The fraction of sp³-hybridized carbons (Fsp3) is 0.588. The van der Waals surface area contributed by atoms with Crippen molar-refractivity contribution in [2.75, 3.05) is 13.7 Å². The number of methoxy groups -OCH3 is 1. The molecule has 0 radical (unpaired) electrons. The molecule has 1 N–H and O–H groups in total. The molecular formula is C17H24N2O3. The molecule has 5 nitrogen and oxygen atoms in total. The second kappa shape index (κ2) is 7.38. The average molecular weight is 304 g/mol. The molecule has 1 fully saturated rings. The maximum atomic E-state index is 12.1. The van der Waals surface area contributed by atoms with Crippen LogP contribution >= 0.6 is 0 Å². The molecule has 1 saturated carbocycles. The van der Waals surface area contributed by atoms with Crippen LogP contribution < -0.4 is 5.32 Å². The molecular weight excluding hydrogens is 280 g/mol. The van der Waals surface area contributed by atoms with Crippen LogP contribution in [0.4, 0.5) is 0 Å². The fourth-order valence-electron chi connectivity index (χ4n) is 3.02. The summed E-state index contributed by atoms with van der Waals surface area (Å²) in [4.78, 5) is 28.4. The van der Waals surface area contributed by atoms with Gasteiger partial charge in [0.25, 0.3) is 0 Å². The molecule has 0 aliphatic heterocycles. The quantitative estimate of drug-likeness (QED) is 0.847. The Hall–Kier alpha value is -1.91. The highest BCUT2D eigenvalue weighted by Crippen LogP contribution is 2.36. The van der Waals surface area contributed by atoms with Crippen LogP contribution in [-0.4, -0.2) is 30.5 Å². The summed E-state index contributed by atoms with van der Waals surface area (Å²) in [5, 5.41) is 2.90. The second-order valence-electron chi connectivity index (χ2n) is 6.09. The van der Waals surface area contributed by atoms with Gasteiger partial charge in [0.2, 0.25) is 5.91 Å². The van der Waals surface area contributed by atoms with Gasteiger partial charge >= 0.3 is 5.97 Å². The molecule has 5 heteroatoms. The zero-order valence-corrected chi connectivity index (χ0v) is 13.4. The summed E-state index contributed by atoms with van der Waals surface area (Å²) in [6.45, 7) is 2.27. The molecule has 1 amide bonds. The Kier molecular flexibility index (Phi) is 5.52. The molecule has 1 aliphatic rings. The van der Waals surface area contributed by atoms with E-state index in [4.69, 9.17) is 4.74 Å². The number of nitrogens with one attached hydrogen (secondary N) is 1. The van der Waals surface area contributed by atoms with Crippen molar-refractivity contribution in [1.82, 2.24) is 10.3 Å². The van der Waals surface area contributed by atoms with E-state index in [9.17, 15) is 9.59 Å². The number of carbonyl (C=O) groups is 2. The highest BCUT2D eigenvalue weighted by atomic mass is 16.5. The number of amides is 1. The van der Waals surface area contributed by atoms with Crippen molar-refractivity contribution in [3.05, 3.63) is 29.6 Å². The normalized spacial score (nSPS) is 16.8. The summed E-state index contributed by atoms with van der Waals surface area (Å²) in [5.41, 5.74) is 1.25. The van der Waals surface area contributed by atoms with E-state index < -0.39 is 5.41 Å². The molecule has 0 saturated heterocycles. The second-order valence-corrected chi connectivity index (χ2v) is 6.09. The Bertz CT molecular complexity index is 519. The van der Waals surface area contributed by atoms with Gasteiger partial charge in [-0.25, -0.2) is 0 Å². The highest BCUT2D eigenvalue weighted by molar-refractivity contribution is 5.81. The molecule has 0 unspecified atom stereocenters. The number of esters is 1. The molecule has 120 valence electrons. The van der Waals surface area contributed by atoms with Gasteiger partial charge < -0.3 is 10.1 Å². The Morgan fingerprint density at radius 2 is 2.00 bits per heavy atom. The number of pyridine rings is 1. The van der Waals surface area contributed by atoms with E-state index in [1.807, 2.05) is 19.1 Å². The van der Waals surface area contributed by atoms with Crippen molar-refractivity contribution in [3.8, 4) is 0 Å². The summed E-state index contributed by atoms with van der Waals surface area (Å²) in [5.74, 6) is -0.288. The highest BCUT2D eigenvalue weighted by Gasteiger charge is 2.40. The van der Waals surface area contributed by atoms with Crippen LogP contribution in [0, 0.1) is 12.3 Å². The largest absolute Gasteiger partial charge is 0.469 e. The van der Waals surface area contributed by atoms with E-state index in [-0.39, 0.29) is 18.3 Å². The summed E-state index contributed by atoms with van der Waals surface area (Å²) in [6, 6.07) is 3.79. The summed E-state index contributed by atoms with van der Waals surface area (Å²) in [7, 11) is 1.42. The number of rotatable bonds is 5. The maximum Gasteiger partial charge on any atom is 0.313 e. The summed E-state index contributed by atoms with van der Waals surface area (Å²) < 4.78 is 4.96. The van der Waals surface area contributed by atoms with Crippen molar-refractivity contribution in [2.45, 2.75) is 45.4 Å². The van der Waals surface area contributed by atoms with Crippen LogP contribution in [-0.2, 0) is 20.7 Å². The minimum atomic E-state index is -0.547. The Balaban J connectivity index is 1.92. The first-order valence-electron chi connectivity index (χ1n) is 7.82. The zero-order chi connectivity index (χ0) is 16.0. The third kappa shape index (κ3) is 4.06. The first kappa shape index (κ1) is 16.5. The Morgan fingerprint density at radius 3 is 2.59 bits per heavy atom. The van der Waals surface area contributed by atoms with Crippen molar-refractivity contribution in [1.29, 1.82) is 0 Å². The minimum Gasteiger partial charge on any atom is -0.469 e. The lowest BCUT2D eigenvalue weighted by Crippen LogP contribution is -2.45. The lowest BCUT2D eigenvalue weighted by molar-refractivity contribution is -0.154. The number of aryl methyl sites for hydroxylation is 1. The number of carbonyl (C=O) groups excluding carboxylic acids is 2. The van der Waals surface area contributed by atoms with Crippen LogP contribution in [0.15, 0.2) is 18.3 Å². The van der Waals surface area contributed by atoms with E-state index >= 15 is 0 Å². The van der Waals surface area contributed by atoms with Gasteiger partial charge in [-0.1, -0.05) is 25.3 Å². The topological polar surface area (TPSA) is 68.3 Å². The predicted octanol–water partition coefficient (Wildman–Crippen LogP) is 2.17. The van der Waals surface area contributed by atoms with Crippen LogP contribution in [0.2, 0.25) is 0 Å². The Labute approximate surface area is 131 Å². The van der Waals surface area contributed by atoms with E-state index in [1.165, 1.54) is 7.11 Å². The van der Waals surface area contributed by atoms with Gasteiger partial charge in [-0.05, 0) is 31.4 Å². The predicted molar refractivity (Wildman–Crippen MR) is 83.2 cm³/mol. The van der Waals surface area contributed by atoms with Crippen LogP contribution in [0.5, 0.6) is 0 Å². The number of nitrogens with zero attached hydrogens (tertiary/aromatic N) is 1. The lowest BCUT2D eigenvalue weighted by Gasteiger charge is -2.34. The summed E-state index contributed by atoms with van der Waals surface area (Å²) >= 11 is 0. The van der Waals surface area contributed by atoms with Gasteiger partial charge in [-0.2, -0.15) is 0 Å². The fourth-order valence-corrected chi connectivity index (χ4v) is 3.02. The van der Waals surface area contributed by atoms with E-state index in [0.29, 0.717) is 6.54 Å². The molecule has 0 bridgehead atoms. The van der Waals surface area contributed by atoms with Gasteiger partial charge in [-0.15, -0.1) is 0 Å². The minimum absolute atomic E-state index is 0.0838. The van der Waals surface area contributed by atoms with E-state index in [2.05, 4.69) is 10.3 Å². The lowest BCUT2D eigenvalue weighted by atomic mass is 9.74. The van der Waals surface area contributed by atoms with E-state index in [0.717, 1.165) is 43.4 Å². The smallest absolute Gasteiger partial charge is 0.313 e. The molecule has 0 atom stereocenters. The summed E-state index contributed by atoms with van der Waals surface area (Å²) in [6.07, 6.45) is 6.72. The molecule has 1 aliphatic carbocycles. The van der Waals surface area contributed by atoms with Gasteiger partial charge in [0.05, 0.1) is 18.9 Å². The standard InChI is InChI=1S/C17H24N2O3/c1-13-6-7-14(11-18-13)10-15(20)19-12-17(16(21)22-2)8-4-3-5-9-17/h6-7,11H,3-5,8-10,12H2,1-2H3,(H,19,20). The first-order chi connectivity index (χ1) is 10.6. The van der Waals surface area contributed by atoms with Crippen LogP contribution in [0.25, 0.3) is 0 Å². The molecule has 1 aromatic rings. The number of hydrogen-bond donors (Lipinski definition) is 1. The average Bonchev–Trinajstić information content (AvgIpc) is 2.55. The van der Waals surface area contributed by atoms with Crippen LogP contribution in [0.1, 0.15) is 43.4 Å². The first-order valence-corrected chi connectivity index (χ1v) is 7.82. The third-order valence-electron chi connectivity index (χ3n) is 4.39. The van der Waals surface area contributed by atoms with Crippen molar-refractivity contribution in [3.63, 3.8) is 0 Å². The van der Waals surface area contributed by atoms with Crippen molar-refractivity contribution in [2.24, 2.45) is 5.41 Å². The molecule has 0 spiro atoms. The molecule has 2 rings (SSSR count). The monoisotopic (exact) mass is 304 g/mol. The SMILES string of the molecule is COC(=O)C1(CNC(=O)Cc2ccc(C)nc2)CCCCC1. The van der Waals surface area contributed by atoms with Gasteiger partial charge in [0, 0.05) is 18.4 Å². The van der Waals surface area contributed by atoms with Gasteiger partial charge in [-0.3, -0.25) is 14.6 Å². The zero-order valence-electron chi connectivity index (χ0n) is 13.4. The van der Waals surface area contributed by atoms with Crippen molar-refractivity contribution >= 4 is 11.9 Å². The molecule has 1 aromatic heterocycles. The van der Waals surface area contributed by atoms with Gasteiger partial charge in [0.15, 0.2) is 0 Å². The maximum absolute atomic E-state index is 12.1. The third-order valence-corrected chi connectivity index (χ3v) is 4.39. The van der Waals surface area contributed by atoms with Crippen LogP contribution in [0.3, 0.4) is 0 Å². The van der Waals surface area contributed by atoms with Crippen molar-refractivity contribution < 1.29 is 14.3 Å². The molecule has 0 aromatic carbocycles. The number of ether oxygens (including phenoxy) is 1. The number of aromatic nitrogens is 1. The van der Waals surface area contributed by atoms with E-state index in [1.54, 1.807) is 6.20 Å². The molecule has 1 heterocycles. The van der Waals surface area contributed by atoms with Gasteiger partial charge in [0.1, 0.15) is 0 Å².